The van der Waals surface area contributed by atoms with Crippen LogP contribution in [-0.4, -0.2) is 65.9 Å². The van der Waals surface area contributed by atoms with E-state index in [0.29, 0.717) is 65.4 Å². The molecule has 5 aromatic carbocycles. The van der Waals surface area contributed by atoms with Gasteiger partial charge in [-0.25, -0.2) is 9.59 Å². The molecule has 1 aromatic heterocycles. The second kappa shape index (κ2) is 22.9. The number of ether oxygens (including phenoxy) is 4. The lowest BCUT2D eigenvalue weighted by Gasteiger charge is -2.55. The highest BCUT2D eigenvalue weighted by atomic mass is 16.6. The molecule has 0 radical (unpaired) electrons. The highest BCUT2D eigenvalue weighted by Gasteiger charge is 2.65. The Morgan fingerprint density at radius 2 is 1.57 bits per heavy atom. The van der Waals surface area contributed by atoms with Gasteiger partial charge < -0.3 is 38.7 Å². The fraction of sp³-hybridized carbons (Fsp3) is 0.416. The summed E-state index contributed by atoms with van der Waals surface area (Å²) in [5.41, 5.74) is 10.9. The zero-order valence-corrected chi connectivity index (χ0v) is 50.3. The number of benzene rings is 5. The molecule has 88 heavy (non-hydrogen) atoms. The number of hydrogen-bond acceptors (Lipinski definition) is 11. The first kappa shape index (κ1) is 57.1. The molecule has 2 spiro atoms. The number of aliphatic hydroxyl groups is 3. The summed E-state index contributed by atoms with van der Waals surface area (Å²) in [5.74, 6) is -0.980. The molecule has 0 unspecified atom stereocenters. The molecule has 11 nitrogen and oxygen atoms in total. The third kappa shape index (κ3) is 9.05. The number of hydrogen-bond donors (Lipinski definition) is 3. The van der Waals surface area contributed by atoms with Crippen LogP contribution in [0, 0.1) is 35.5 Å². The Kier molecular flexibility index (Phi) is 14.8. The average Bonchev–Trinajstić information content (AvgIpc) is 0.986. The van der Waals surface area contributed by atoms with Crippen LogP contribution in [0.1, 0.15) is 168 Å². The van der Waals surface area contributed by atoms with E-state index >= 15 is 9.59 Å². The highest BCUT2D eigenvalue weighted by Crippen LogP contribution is 2.64. The number of fused-ring (bicyclic) bond motifs is 19. The minimum absolute atomic E-state index is 0.00659. The maximum absolute atomic E-state index is 16.0. The Morgan fingerprint density at radius 1 is 0.761 bits per heavy atom. The van der Waals surface area contributed by atoms with Crippen LogP contribution in [0.5, 0.6) is 5.75 Å². The molecule has 7 aliphatic carbocycles. The molecule has 11 heteroatoms. The number of allylic oxidation sites excluding steroid dienone is 5. The van der Waals surface area contributed by atoms with Gasteiger partial charge in [-0.2, -0.15) is 0 Å². The summed E-state index contributed by atoms with van der Waals surface area (Å²) in [5, 5.41) is 32.8. The van der Waals surface area contributed by atoms with Crippen LogP contribution in [0.15, 0.2) is 160 Å². The summed E-state index contributed by atoms with van der Waals surface area (Å²) in [6.07, 6.45) is 24.2. The smallest absolute Gasteiger partial charge is 0.340 e. The van der Waals surface area contributed by atoms with E-state index in [0.717, 1.165) is 36.0 Å². The van der Waals surface area contributed by atoms with Crippen molar-refractivity contribution in [2.45, 2.75) is 137 Å². The van der Waals surface area contributed by atoms with Gasteiger partial charge in [0.25, 0.3) is 0 Å². The molecule has 4 heterocycles. The number of esters is 2. The van der Waals surface area contributed by atoms with Crippen LogP contribution in [-0.2, 0) is 48.7 Å². The molecule has 16 rings (SSSR count). The zero-order chi connectivity index (χ0) is 60.0. The standard InChI is InChI=1S/C77H78O11/c1-44(41-79)54-29-21-45-19-22-47(23-20-45)55-30-26-49(57-15-8-18-65-60(57)32-28-53-13-7-12-52-27-24-48-11-4-6-17-64(48)77(52,53)65)38-51(55)39-68(81)85-72-70-67(34-33-61-63(42-80)69(75(83)86-71(61)70)50(35-37-78)43-84-2)88-76(73(72)87-74(54)82)36-9-16-59-58-31-25-46-10-3-5-14-56(46)62(58)40-66(59)76/h3-6,8-11,14-20,22-27,30-31,33-34,49-53,55,58-59,62,66,72-73,78-80H,7,12-13,21,28-29,32,35-43H2,1-2H3/b54-44-/t49-,50+,51-,52-,53+,55-,58+,59-,62-,66-,72+,73-,76-,77+/m0/s1. The zero-order valence-electron chi connectivity index (χ0n) is 50.3. The maximum Gasteiger partial charge on any atom is 0.340 e. The quantitative estimate of drug-likeness (QED) is 0.0576. The first-order valence-electron chi connectivity index (χ1n) is 32.4. The molecule has 2 saturated carbocycles. The summed E-state index contributed by atoms with van der Waals surface area (Å²) in [6, 6.07) is 36.8. The lowest BCUT2D eigenvalue weighted by Crippen LogP contribution is -2.61. The third-order valence-corrected chi connectivity index (χ3v) is 22.7. The number of rotatable bonds is 8. The van der Waals surface area contributed by atoms with Crippen molar-refractivity contribution in [3.63, 3.8) is 0 Å². The fourth-order valence-electron chi connectivity index (χ4n) is 18.9. The van der Waals surface area contributed by atoms with Crippen LogP contribution in [0.4, 0.5) is 0 Å². The van der Waals surface area contributed by atoms with Gasteiger partial charge in [0.05, 0.1) is 25.4 Å². The predicted octanol–water partition coefficient (Wildman–Crippen LogP) is 13.5. The van der Waals surface area contributed by atoms with Gasteiger partial charge in [0.15, 0.2) is 17.8 Å². The number of aryl methyl sites for hydroxylation is 1. The minimum atomic E-state index is -1.38. The van der Waals surface area contributed by atoms with Crippen molar-refractivity contribution in [2.75, 3.05) is 26.9 Å². The molecule has 2 bridgehead atoms. The van der Waals surface area contributed by atoms with Gasteiger partial charge in [0.1, 0.15) is 11.3 Å². The molecule has 0 amide bonds. The molecule has 452 valence electrons. The van der Waals surface area contributed by atoms with E-state index in [2.05, 4.69) is 140 Å². The van der Waals surface area contributed by atoms with E-state index in [1.807, 2.05) is 6.07 Å². The normalized spacial score (nSPS) is 31.5. The Balaban J connectivity index is 0.885. The molecular weight excluding hydrogens is 1100 g/mol. The molecule has 0 saturated heterocycles. The summed E-state index contributed by atoms with van der Waals surface area (Å²) in [4.78, 5) is 46.4. The van der Waals surface area contributed by atoms with Crippen LogP contribution < -0.4 is 10.4 Å². The second-order valence-electron chi connectivity index (χ2n) is 26.8. The van der Waals surface area contributed by atoms with Crippen LogP contribution in [0.2, 0.25) is 0 Å². The first-order valence-corrected chi connectivity index (χ1v) is 32.4. The maximum atomic E-state index is 16.0. The summed E-state index contributed by atoms with van der Waals surface area (Å²) < 4.78 is 34.1. The fourth-order valence-corrected chi connectivity index (χ4v) is 18.9. The van der Waals surface area contributed by atoms with Crippen LogP contribution in [0.25, 0.3) is 23.1 Å². The van der Waals surface area contributed by atoms with Gasteiger partial charge in [-0.1, -0.05) is 146 Å². The Bertz CT molecular complexity index is 3970. The second-order valence-corrected chi connectivity index (χ2v) is 26.8. The van der Waals surface area contributed by atoms with E-state index in [-0.39, 0.29) is 103 Å². The SMILES string of the molecule is COC[C@@H](CCO)c1c(CO)c2ccc3c(c2oc1=O)[C@H]1OC(=O)C[C@@H]2C[C@@H](c4cccc5c4CC[C@H]4CCC[C@H]6C=Cc7ccccc7[C@]546)C=C[C@H]2c2ccc(cc2)CC/C(=C(\C)CO)C(=O)O[C@@H]1[C@@]1(CC=C[C@H]2[C@H]4C=Cc5ccccc5[C@@H]4C[C@@H]21)O3. The monoisotopic (exact) mass is 1180 g/mol. The van der Waals surface area contributed by atoms with Crippen LogP contribution in [0.3, 0.4) is 0 Å². The van der Waals surface area contributed by atoms with Gasteiger partial charge in [0, 0.05) is 72.2 Å². The van der Waals surface area contributed by atoms with Gasteiger partial charge in [-0.05, 0) is 174 Å². The van der Waals surface area contributed by atoms with Gasteiger partial charge in [-0.3, -0.25) is 4.79 Å². The van der Waals surface area contributed by atoms with Gasteiger partial charge in [0.2, 0.25) is 0 Å². The largest absolute Gasteiger partial charge is 0.482 e. The number of methoxy groups -OCH3 is 1. The van der Waals surface area contributed by atoms with E-state index in [4.69, 9.17) is 23.4 Å². The number of aliphatic hydroxyl groups excluding tert-OH is 3. The molecule has 3 N–H and O–H groups in total. The number of carbonyl (C=O) groups excluding carboxylic acids is 2. The molecule has 2 fully saturated rings. The first-order chi connectivity index (χ1) is 43.1. The van der Waals surface area contributed by atoms with E-state index in [1.54, 1.807) is 13.0 Å². The van der Waals surface area contributed by atoms with E-state index in [1.165, 1.54) is 53.3 Å². The van der Waals surface area contributed by atoms with Crippen molar-refractivity contribution in [2.24, 2.45) is 35.5 Å². The predicted molar refractivity (Wildman–Crippen MR) is 338 cm³/mol. The van der Waals surface area contributed by atoms with Crippen molar-refractivity contribution in [3.8, 4) is 5.75 Å². The van der Waals surface area contributed by atoms with E-state index < -0.39 is 47.9 Å². The Labute approximate surface area is 514 Å². The minimum Gasteiger partial charge on any atom is -0.482 e. The van der Waals surface area contributed by atoms with Crippen molar-refractivity contribution in [1.29, 1.82) is 0 Å². The van der Waals surface area contributed by atoms with Gasteiger partial charge >= 0.3 is 17.6 Å². The molecule has 3 aliphatic heterocycles. The number of carbonyl (C=O) groups is 2. The van der Waals surface area contributed by atoms with Crippen LogP contribution >= 0.6 is 0 Å². The summed E-state index contributed by atoms with van der Waals surface area (Å²) >= 11 is 0. The molecular formula is C77H78O11. The van der Waals surface area contributed by atoms with E-state index in [9.17, 15) is 20.1 Å². The Morgan fingerprint density at radius 3 is 2.40 bits per heavy atom. The third-order valence-electron chi connectivity index (χ3n) is 22.7. The average molecular weight is 1180 g/mol. The molecule has 10 aliphatic rings. The molecule has 14 atom stereocenters. The summed E-state index contributed by atoms with van der Waals surface area (Å²) in [6.45, 7) is 0.667. The van der Waals surface area contributed by atoms with Crippen molar-refractivity contribution in [1.82, 2.24) is 0 Å². The van der Waals surface area contributed by atoms with Crippen molar-refractivity contribution in [3.05, 3.63) is 228 Å². The van der Waals surface area contributed by atoms with Crippen molar-refractivity contribution >= 4 is 35.1 Å². The lowest BCUT2D eigenvalue weighted by atomic mass is 9.48. The topological polar surface area (TPSA) is 162 Å². The van der Waals surface area contributed by atoms with Crippen molar-refractivity contribution < 1.29 is 48.3 Å². The highest BCUT2D eigenvalue weighted by molar-refractivity contribution is 5.91. The Hall–Kier alpha value is -7.41. The summed E-state index contributed by atoms with van der Waals surface area (Å²) in [7, 11) is 1.52. The lowest BCUT2D eigenvalue weighted by molar-refractivity contribution is -0.205. The van der Waals surface area contributed by atoms with Gasteiger partial charge in [-0.15, -0.1) is 0 Å². The molecule has 6 aromatic rings.